The minimum atomic E-state index is -0.0545. The number of hydrogen-bond acceptors (Lipinski definition) is 4. The van der Waals surface area contributed by atoms with Gasteiger partial charge in [-0.05, 0) is 50.7 Å². The maximum Gasteiger partial charge on any atom is 0.293 e. The summed E-state index contributed by atoms with van der Waals surface area (Å²) in [5, 5.41) is 0. The van der Waals surface area contributed by atoms with Crippen LogP contribution in [0, 0.1) is 11.8 Å². The van der Waals surface area contributed by atoms with Gasteiger partial charge >= 0.3 is 0 Å². The summed E-state index contributed by atoms with van der Waals surface area (Å²) in [7, 11) is 0. The van der Waals surface area contributed by atoms with Crippen molar-refractivity contribution in [2.45, 2.75) is 46.1 Å². The van der Waals surface area contributed by atoms with Gasteiger partial charge in [0.25, 0.3) is 5.56 Å². The summed E-state index contributed by atoms with van der Waals surface area (Å²) in [6.45, 7) is 7.96. The van der Waals surface area contributed by atoms with Crippen LogP contribution in [-0.2, 0) is 11.3 Å². The molecule has 0 spiro atoms. The number of carbonyl (C=O) groups is 1. The van der Waals surface area contributed by atoms with Crippen LogP contribution < -0.4 is 10.5 Å². The molecule has 1 aromatic carbocycles. The Morgan fingerprint density at radius 2 is 1.89 bits per heavy atom. The molecule has 28 heavy (non-hydrogen) atoms. The topological polar surface area (TPSA) is 58.4 Å². The molecule has 6 heteroatoms. The quantitative estimate of drug-likeness (QED) is 0.819. The molecule has 0 saturated carbocycles. The lowest BCUT2D eigenvalue weighted by atomic mass is 9.93. The molecule has 6 nitrogen and oxygen atoms in total. The van der Waals surface area contributed by atoms with Gasteiger partial charge in [-0.1, -0.05) is 19.1 Å². The second-order valence-electron chi connectivity index (χ2n) is 8.27. The maximum absolute atomic E-state index is 13.1. The SMILES string of the molecule is CCn1c(=O)c(N2CCCC(C(=O)N3CCC(C)CC3)C2)nc2ccccc21. The van der Waals surface area contributed by atoms with Crippen LogP contribution in [0.1, 0.15) is 39.5 Å². The molecule has 0 radical (unpaired) electrons. The number of aromatic nitrogens is 2. The van der Waals surface area contributed by atoms with Crippen molar-refractivity contribution in [3.05, 3.63) is 34.6 Å². The van der Waals surface area contributed by atoms with Crippen LogP contribution >= 0.6 is 0 Å². The number of carbonyl (C=O) groups excluding carboxylic acids is 1. The van der Waals surface area contributed by atoms with Crippen LogP contribution in [0.5, 0.6) is 0 Å². The maximum atomic E-state index is 13.1. The van der Waals surface area contributed by atoms with E-state index in [4.69, 9.17) is 4.98 Å². The number of likely N-dealkylation sites (tertiary alicyclic amines) is 1. The predicted molar refractivity (Wildman–Crippen MR) is 112 cm³/mol. The fourth-order valence-corrected chi connectivity index (χ4v) is 4.56. The van der Waals surface area contributed by atoms with Crippen molar-refractivity contribution in [3.63, 3.8) is 0 Å². The Morgan fingerprint density at radius 1 is 1.14 bits per heavy atom. The second-order valence-corrected chi connectivity index (χ2v) is 8.27. The molecule has 0 aliphatic carbocycles. The first-order valence-corrected chi connectivity index (χ1v) is 10.6. The van der Waals surface area contributed by atoms with E-state index >= 15 is 0 Å². The molecule has 1 unspecified atom stereocenters. The van der Waals surface area contributed by atoms with E-state index in [9.17, 15) is 9.59 Å². The molecule has 2 aromatic rings. The van der Waals surface area contributed by atoms with E-state index in [0.717, 1.165) is 56.4 Å². The molecule has 2 saturated heterocycles. The van der Waals surface area contributed by atoms with Gasteiger partial charge in [-0.15, -0.1) is 0 Å². The molecule has 150 valence electrons. The second kappa shape index (κ2) is 7.94. The standard InChI is InChI=1S/C22H30N4O2/c1-3-26-19-9-5-4-8-18(19)23-20(22(26)28)25-12-6-7-17(15-25)21(27)24-13-10-16(2)11-14-24/h4-5,8-9,16-17H,3,6-7,10-15H2,1-2H3. The fourth-order valence-electron chi connectivity index (χ4n) is 4.56. The van der Waals surface area contributed by atoms with Crippen LogP contribution in [0.25, 0.3) is 11.0 Å². The minimum absolute atomic E-state index is 0.0371. The lowest BCUT2D eigenvalue weighted by Crippen LogP contribution is -2.48. The number of aryl methyl sites for hydroxylation is 1. The number of rotatable bonds is 3. The van der Waals surface area contributed by atoms with Crippen LogP contribution in [0.15, 0.2) is 29.1 Å². The van der Waals surface area contributed by atoms with Crippen molar-refractivity contribution in [2.75, 3.05) is 31.1 Å². The van der Waals surface area contributed by atoms with Gasteiger partial charge in [0, 0.05) is 32.7 Å². The highest BCUT2D eigenvalue weighted by Gasteiger charge is 2.32. The Balaban J connectivity index is 1.59. The van der Waals surface area contributed by atoms with E-state index in [2.05, 4.69) is 6.92 Å². The third kappa shape index (κ3) is 3.52. The number of para-hydroxylation sites is 2. The Bertz CT molecular complexity index is 914. The normalized spacial score (nSPS) is 21.3. The number of piperidine rings is 2. The first-order valence-electron chi connectivity index (χ1n) is 10.6. The van der Waals surface area contributed by atoms with Crippen molar-refractivity contribution >= 4 is 22.8 Å². The van der Waals surface area contributed by atoms with Crippen LogP contribution in [0.2, 0.25) is 0 Å². The molecule has 1 amide bonds. The lowest BCUT2D eigenvalue weighted by molar-refractivity contribution is -0.137. The van der Waals surface area contributed by atoms with Gasteiger partial charge in [-0.2, -0.15) is 0 Å². The monoisotopic (exact) mass is 382 g/mol. The van der Waals surface area contributed by atoms with Gasteiger partial charge < -0.3 is 14.4 Å². The summed E-state index contributed by atoms with van der Waals surface area (Å²) >= 11 is 0. The Kier molecular flexibility index (Phi) is 5.38. The largest absolute Gasteiger partial charge is 0.351 e. The van der Waals surface area contributed by atoms with E-state index in [1.807, 2.05) is 41.0 Å². The van der Waals surface area contributed by atoms with Gasteiger partial charge in [0.15, 0.2) is 5.82 Å². The number of amides is 1. The highest BCUT2D eigenvalue weighted by molar-refractivity contribution is 5.80. The van der Waals surface area contributed by atoms with Gasteiger partial charge in [0.2, 0.25) is 5.91 Å². The van der Waals surface area contributed by atoms with Gasteiger partial charge in [0.1, 0.15) is 0 Å². The zero-order chi connectivity index (χ0) is 19.7. The van der Waals surface area contributed by atoms with Gasteiger partial charge in [-0.25, -0.2) is 4.98 Å². The van der Waals surface area contributed by atoms with Crippen LogP contribution in [0.4, 0.5) is 5.82 Å². The van der Waals surface area contributed by atoms with Crippen LogP contribution in [0.3, 0.4) is 0 Å². The van der Waals surface area contributed by atoms with E-state index in [0.29, 0.717) is 24.8 Å². The summed E-state index contributed by atoms with van der Waals surface area (Å²) in [5.74, 6) is 1.42. The van der Waals surface area contributed by atoms with Crippen molar-refractivity contribution in [3.8, 4) is 0 Å². The molecule has 3 heterocycles. The molecule has 2 aliphatic heterocycles. The Morgan fingerprint density at radius 3 is 2.64 bits per heavy atom. The van der Waals surface area contributed by atoms with E-state index in [1.54, 1.807) is 4.57 Å². The average Bonchev–Trinajstić information content (AvgIpc) is 2.73. The number of hydrogen-bond donors (Lipinski definition) is 0. The molecule has 4 rings (SSSR count). The van der Waals surface area contributed by atoms with Crippen molar-refractivity contribution in [1.82, 2.24) is 14.5 Å². The summed E-state index contributed by atoms with van der Waals surface area (Å²) in [4.78, 5) is 34.9. The minimum Gasteiger partial charge on any atom is -0.351 e. The van der Waals surface area contributed by atoms with Crippen molar-refractivity contribution < 1.29 is 4.79 Å². The van der Waals surface area contributed by atoms with E-state index in [-0.39, 0.29) is 17.4 Å². The summed E-state index contributed by atoms with van der Waals surface area (Å²) in [5.41, 5.74) is 1.64. The molecule has 2 aliphatic rings. The Labute approximate surface area is 166 Å². The Hall–Kier alpha value is -2.37. The fraction of sp³-hybridized carbons (Fsp3) is 0.591. The number of fused-ring (bicyclic) bond motifs is 1. The highest BCUT2D eigenvalue weighted by Crippen LogP contribution is 2.25. The van der Waals surface area contributed by atoms with Crippen LogP contribution in [-0.4, -0.2) is 46.5 Å². The lowest BCUT2D eigenvalue weighted by Gasteiger charge is -2.37. The molecular weight excluding hydrogens is 352 g/mol. The predicted octanol–water partition coefficient (Wildman–Crippen LogP) is 2.89. The molecule has 0 N–H and O–H groups in total. The molecule has 0 bridgehead atoms. The zero-order valence-corrected chi connectivity index (χ0v) is 16.9. The number of benzene rings is 1. The first kappa shape index (κ1) is 19.0. The first-order chi connectivity index (χ1) is 13.6. The number of nitrogens with zero attached hydrogens (tertiary/aromatic N) is 4. The molecule has 1 atom stereocenters. The summed E-state index contributed by atoms with van der Waals surface area (Å²) in [6, 6.07) is 7.77. The highest BCUT2D eigenvalue weighted by atomic mass is 16.2. The number of anilines is 1. The van der Waals surface area contributed by atoms with E-state index in [1.165, 1.54) is 0 Å². The van der Waals surface area contributed by atoms with E-state index < -0.39 is 0 Å². The van der Waals surface area contributed by atoms with Gasteiger partial charge in [-0.3, -0.25) is 9.59 Å². The molecular formula is C22H30N4O2. The van der Waals surface area contributed by atoms with Crippen molar-refractivity contribution in [2.24, 2.45) is 11.8 Å². The summed E-state index contributed by atoms with van der Waals surface area (Å²) in [6.07, 6.45) is 4.00. The smallest absolute Gasteiger partial charge is 0.293 e. The van der Waals surface area contributed by atoms with Crippen molar-refractivity contribution in [1.29, 1.82) is 0 Å². The average molecular weight is 383 g/mol. The third-order valence-corrected chi connectivity index (χ3v) is 6.32. The summed E-state index contributed by atoms with van der Waals surface area (Å²) < 4.78 is 1.79. The molecule has 1 aromatic heterocycles. The van der Waals surface area contributed by atoms with Gasteiger partial charge in [0.05, 0.1) is 17.0 Å². The third-order valence-electron chi connectivity index (χ3n) is 6.32. The zero-order valence-electron chi connectivity index (χ0n) is 16.9. The molecule has 2 fully saturated rings.